The second-order valence-corrected chi connectivity index (χ2v) is 5.08. The first-order valence-corrected chi connectivity index (χ1v) is 6.77. The average Bonchev–Trinajstić information content (AvgIpc) is 2.43. The van der Waals surface area contributed by atoms with E-state index < -0.39 is 23.1 Å². The van der Waals surface area contributed by atoms with Crippen LogP contribution in [0.4, 0.5) is 23.2 Å². The lowest BCUT2D eigenvalue weighted by molar-refractivity contribution is -0.138. The molecule has 0 fully saturated rings. The van der Waals surface area contributed by atoms with Crippen molar-refractivity contribution in [3.63, 3.8) is 0 Å². The van der Waals surface area contributed by atoms with Crippen LogP contribution in [0.5, 0.6) is 0 Å². The summed E-state index contributed by atoms with van der Waals surface area (Å²) in [5.74, 6) is -0.924. The van der Waals surface area contributed by atoms with Gasteiger partial charge in [0.25, 0.3) is 0 Å². The standard InChI is InChI=1S/C14H11BrF4N2/c15-12-7-6-11(14(17,18)19)10(13(12)16)8-20-21-9-4-2-1-3-5-9/h1-7,20-21H,8H2. The molecular formula is C14H11BrF4N2. The van der Waals surface area contributed by atoms with Crippen LogP contribution in [0.3, 0.4) is 0 Å². The van der Waals surface area contributed by atoms with Crippen LogP contribution in [0.1, 0.15) is 11.1 Å². The Labute approximate surface area is 127 Å². The zero-order valence-electron chi connectivity index (χ0n) is 10.6. The molecule has 0 aliphatic heterocycles. The Morgan fingerprint density at radius 2 is 1.67 bits per heavy atom. The number of para-hydroxylation sites is 1. The Kier molecular flexibility index (Phi) is 4.84. The van der Waals surface area contributed by atoms with Crippen molar-refractivity contribution in [2.45, 2.75) is 12.7 Å². The molecule has 0 spiro atoms. The number of halogens is 5. The smallest absolute Gasteiger partial charge is 0.321 e. The fraction of sp³-hybridized carbons (Fsp3) is 0.143. The zero-order valence-corrected chi connectivity index (χ0v) is 12.2. The molecule has 0 bridgehead atoms. The Morgan fingerprint density at radius 1 is 1.00 bits per heavy atom. The monoisotopic (exact) mass is 362 g/mol. The summed E-state index contributed by atoms with van der Waals surface area (Å²) in [6.07, 6.45) is -4.61. The molecule has 2 N–H and O–H groups in total. The largest absolute Gasteiger partial charge is 0.416 e. The number of anilines is 1. The summed E-state index contributed by atoms with van der Waals surface area (Å²) in [7, 11) is 0. The fourth-order valence-corrected chi connectivity index (χ4v) is 2.16. The van der Waals surface area contributed by atoms with Crippen LogP contribution >= 0.6 is 15.9 Å². The summed E-state index contributed by atoms with van der Waals surface area (Å²) in [6.45, 7) is -0.311. The molecule has 7 heteroatoms. The molecule has 2 aromatic rings. The van der Waals surface area contributed by atoms with Gasteiger partial charge in [-0.15, -0.1) is 0 Å². The summed E-state index contributed by atoms with van der Waals surface area (Å²) < 4.78 is 52.5. The van der Waals surface area contributed by atoms with E-state index in [0.29, 0.717) is 5.69 Å². The molecule has 0 radical (unpaired) electrons. The van der Waals surface area contributed by atoms with Crippen molar-refractivity contribution in [3.8, 4) is 0 Å². The van der Waals surface area contributed by atoms with Crippen molar-refractivity contribution < 1.29 is 17.6 Å². The molecule has 21 heavy (non-hydrogen) atoms. The van der Waals surface area contributed by atoms with Crippen LogP contribution in [0, 0.1) is 5.82 Å². The molecule has 0 heterocycles. The van der Waals surface area contributed by atoms with Crippen molar-refractivity contribution in [1.82, 2.24) is 5.43 Å². The predicted molar refractivity (Wildman–Crippen MR) is 76.0 cm³/mol. The molecule has 112 valence electrons. The third-order valence-electron chi connectivity index (χ3n) is 2.77. The number of alkyl halides is 3. The van der Waals surface area contributed by atoms with Gasteiger partial charge in [-0.3, -0.25) is 0 Å². The van der Waals surface area contributed by atoms with Crippen LogP contribution in [-0.2, 0) is 12.7 Å². The highest BCUT2D eigenvalue weighted by Crippen LogP contribution is 2.35. The molecule has 2 aromatic carbocycles. The van der Waals surface area contributed by atoms with E-state index in [9.17, 15) is 17.6 Å². The zero-order chi connectivity index (χ0) is 15.5. The first-order valence-electron chi connectivity index (χ1n) is 5.97. The number of nitrogens with one attached hydrogen (secondary N) is 2. The molecule has 2 nitrogen and oxygen atoms in total. The lowest BCUT2D eigenvalue weighted by Gasteiger charge is -2.16. The van der Waals surface area contributed by atoms with Gasteiger partial charge in [-0.25, -0.2) is 9.82 Å². The normalized spacial score (nSPS) is 11.5. The van der Waals surface area contributed by atoms with E-state index in [1.54, 1.807) is 30.3 Å². The molecule has 2 rings (SSSR count). The second kappa shape index (κ2) is 6.44. The van der Waals surface area contributed by atoms with Gasteiger partial charge in [-0.2, -0.15) is 13.2 Å². The van der Waals surface area contributed by atoms with Gasteiger partial charge in [0.2, 0.25) is 0 Å². The maximum Gasteiger partial charge on any atom is 0.416 e. The van der Waals surface area contributed by atoms with E-state index in [0.717, 1.165) is 12.1 Å². The highest BCUT2D eigenvalue weighted by molar-refractivity contribution is 9.10. The lowest BCUT2D eigenvalue weighted by atomic mass is 10.1. The van der Waals surface area contributed by atoms with Crippen LogP contribution in [0.2, 0.25) is 0 Å². The van der Waals surface area contributed by atoms with E-state index in [1.165, 1.54) is 0 Å². The van der Waals surface area contributed by atoms with Gasteiger partial charge >= 0.3 is 6.18 Å². The van der Waals surface area contributed by atoms with Gasteiger partial charge in [-0.05, 0) is 40.2 Å². The van der Waals surface area contributed by atoms with E-state index in [4.69, 9.17) is 0 Å². The molecule has 0 amide bonds. The van der Waals surface area contributed by atoms with Gasteiger partial charge in [0.15, 0.2) is 0 Å². The Morgan fingerprint density at radius 3 is 2.29 bits per heavy atom. The number of hydrazine groups is 1. The maximum absolute atomic E-state index is 13.9. The minimum absolute atomic E-state index is 0.00740. The van der Waals surface area contributed by atoms with Crippen LogP contribution in [-0.4, -0.2) is 0 Å². The summed E-state index contributed by atoms with van der Waals surface area (Å²) in [4.78, 5) is 0. The lowest BCUT2D eigenvalue weighted by Crippen LogP contribution is -2.24. The molecule has 0 aliphatic rings. The fourth-order valence-electron chi connectivity index (χ4n) is 1.79. The molecule has 0 saturated carbocycles. The van der Waals surface area contributed by atoms with Gasteiger partial charge < -0.3 is 5.43 Å². The number of hydrogen-bond acceptors (Lipinski definition) is 2. The predicted octanol–water partition coefficient (Wildman–Crippen LogP) is 4.72. The third kappa shape index (κ3) is 3.95. The van der Waals surface area contributed by atoms with Gasteiger partial charge in [0, 0.05) is 17.8 Å². The molecule has 0 aliphatic carbocycles. The first kappa shape index (κ1) is 15.8. The van der Waals surface area contributed by atoms with Crippen molar-refractivity contribution >= 4 is 21.6 Å². The van der Waals surface area contributed by atoms with E-state index in [1.807, 2.05) is 0 Å². The summed E-state index contributed by atoms with van der Waals surface area (Å²) in [5, 5.41) is 0. The minimum atomic E-state index is -4.61. The molecule has 0 atom stereocenters. The molecule has 0 unspecified atom stereocenters. The Balaban J connectivity index is 2.17. The van der Waals surface area contributed by atoms with Crippen molar-refractivity contribution in [2.75, 3.05) is 5.43 Å². The highest BCUT2D eigenvalue weighted by atomic mass is 79.9. The molecule has 0 aromatic heterocycles. The topological polar surface area (TPSA) is 24.1 Å². The highest BCUT2D eigenvalue weighted by Gasteiger charge is 2.34. The molecular weight excluding hydrogens is 352 g/mol. The van der Waals surface area contributed by atoms with Gasteiger partial charge in [-0.1, -0.05) is 18.2 Å². The Bertz CT molecular complexity index is 614. The third-order valence-corrected chi connectivity index (χ3v) is 3.39. The quantitative estimate of drug-likeness (QED) is 0.607. The van der Waals surface area contributed by atoms with Crippen LogP contribution in [0.25, 0.3) is 0 Å². The van der Waals surface area contributed by atoms with Crippen LogP contribution < -0.4 is 10.9 Å². The van der Waals surface area contributed by atoms with Crippen LogP contribution in [0.15, 0.2) is 46.9 Å². The van der Waals surface area contributed by atoms with E-state index >= 15 is 0 Å². The molecule has 0 saturated heterocycles. The minimum Gasteiger partial charge on any atom is -0.321 e. The average molecular weight is 363 g/mol. The van der Waals surface area contributed by atoms with E-state index in [-0.39, 0.29) is 11.0 Å². The van der Waals surface area contributed by atoms with Crippen molar-refractivity contribution in [2.24, 2.45) is 0 Å². The van der Waals surface area contributed by atoms with Gasteiger partial charge in [0.05, 0.1) is 10.0 Å². The number of benzene rings is 2. The Hall–Kier alpha value is -1.60. The summed E-state index contributed by atoms with van der Waals surface area (Å²) in [6, 6.07) is 10.7. The first-order chi connectivity index (χ1) is 9.89. The summed E-state index contributed by atoms with van der Waals surface area (Å²) >= 11 is 2.89. The van der Waals surface area contributed by atoms with Crippen molar-refractivity contribution in [1.29, 1.82) is 0 Å². The second-order valence-electron chi connectivity index (χ2n) is 4.23. The number of rotatable bonds is 4. The van der Waals surface area contributed by atoms with Crippen molar-refractivity contribution in [3.05, 3.63) is 63.9 Å². The summed E-state index contributed by atoms with van der Waals surface area (Å²) in [5.41, 5.74) is 4.54. The maximum atomic E-state index is 13.9. The van der Waals surface area contributed by atoms with Gasteiger partial charge in [0.1, 0.15) is 5.82 Å². The SMILES string of the molecule is Fc1c(Br)ccc(C(F)(F)F)c1CNNc1ccccc1. The van der Waals surface area contributed by atoms with E-state index in [2.05, 4.69) is 26.8 Å². The number of hydrogen-bond donors (Lipinski definition) is 2.